The second-order valence-corrected chi connectivity index (χ2v) is 21.1. The second kappa shape index (κ2) is 14.1. The van der Waals surface area contributed by atoms with Crippen molar-refractivity contribution in [1.29, 1.82) is 0 Å². The number of furan rings is 1. The van der Waals surface area contributed by atoms with Crippen LogP contribution in [0.2, 0.25) is 0 Å². The van der Waals surface area contributed by atoms with Crippen molar-refractivity contribution in [2.75, 3.05) is 9.80 Å². The molecule has 0 bridgehead atoms. The number of fused-ring (bicyclic) bond motifs is 12. The maximum atomic E-state index is 6.63. The van der Waals surface area contributed by atoms with E-state index < -0.39 is 0 Å². The molecule has 0 amide bonds. The summed E-state index contributed by atoms with van der Waals surface area (Å²) in [4.78, 5) is 9.03. The van der Waals surface area contributed by atoms with Crippen LogP contribution in [-0.2, 0) is 16.2 Å². The van der Waals surface area contributed by atoms with Gasteiger partial charge in [-0.15, -0.1) is 0 Å². The van der Waals surface area contributed by atoms with Crippen LogP contribution in [0.5, 0.6) is 0 Å². The Kier molecular flexibility index (Phi) is 8.46. The molecule has 13 rings (SSSR count). The molecule has 3 heterocycles. The van der Waals surface area contributed by atoms with Gasteiger partial charge in [-0.05, 0) is 141 Å². The summed E-state index contributed by atoms with van der Waals surface area (Å²) < 4.78 is 6.63. The van der Waals surface area contributed by atoms with Crippen molar-refractivity contribution in [1.82, 2.24) is 4.98 Å². The van der Waals surface area contributed by atoms with Crippen LogP contribution >= 0.6 is 0 Å². The number of H-pyrrole nitrogens is 1. The maximum Gasteiger partial charge on any atom is 0.197 e. The molecule has 67 heavy (non-hydrogen) atoms. The van der Waals surface area contributed by atoms with E-state index in [-0.39, 0.29) is 16.2 Å². The van der Waals surface area contributed by atoms with Crippen LogP contribution in [0.25, 0.3) is 55.2 Å². The highest BCUT2D eigenvalue weighted by Gasteiger charge is 2.44. The summed E-state index contributed by atoms with van der Waals surface area (Å²) in [6.45, 7) is 17.0. The predicted molar refractivity (Wildman–Crippen MR) is 283 cm³/mol. The van der Waals surface area contributed by atoms with E-state index >= 15 is 0 Å². The Hall–Kier alpha value is -7.24. The van der Waals surface area contributed by atoms with Crippen LogP contribution in [-0.4, -0.2) is 12.3 Å². The Labute approximate surface area is 394 Å². The summed E-state index contributed by atoms with van der Waals surface area (Å²) in [5.41, 5.74) is 24.9. The van der Waals surface area contributed by atoms with E-state index in [9.17, 15) is 0 Å². The van der Waals surface area contributed by atoms with Gasteiger partial charge in [0.2, 0.25) is 0 Å². The lowest BCUT2D eigenvalue weighted by molar-refractivity contribution is 0.332. The zero-order valence-electron chi connectivity index (χ0n) is 39.4. The van der Waals surface area contributed by atoms with Gasteiger partial charge >= 0.3 is 0 Å². The molecule has 0 spiro atoms. The van der Waals surface area contributed by atoms with Gasteiger partial charge in [-0.25, -0.2) is 0 Å². The fourth-order valence-electron chi connectivity index (χ4n) is 12.2. The number of rotatable bonds is 5. The number of aromatic nitrogens is 1. The van der Waals surface area contributed by atoms with Gasteiger partial charge in [-0.3, -0.25) is 0 Å². The van der Waals surface area contributed by atoms with Crippen LogP contribution in [0.4, 0.5) is 34.1 Å². The Morgan fingerprint density at radius 1 is 0.537 bits per heavy atom. The molecule has 2 aromatic heterocycles. The van der Waals surface area contributed by atoms with Crippen molar-refractivity contribution in [3.05, 3.63) is 192 Å². The third kappa shape index (κ3) is 5.79. The Balaban J connectivity index is 1.17. The molecule has 1 N–H and O–H groups in total. The SMILES string of the molecule is Cc1cc2c(cc1N1c3cc(N(c4ccccc4)c4ccccc4)cc(-c4cccc5c4[nH]c4c6ccccc6oc54)c3[B]c3ccc4c(c31)C(C)(C)c1ccccc1-4)C(C)(C)CCC2(C)C. The van der Waals surface area contributed by atoms with Gasteiger partial charge in [0.1, 0.15) is 5.58 Å². The van der Waals surface area contributed by atoms with Crippen LogP contribution in [0.1, 0.15) is 82.2 Å². The summed E-state index contributed by atoms with van der Waals surface area (Å²) in [6, 6.07) is 60.5. The van der Waals surface area contributed by atoms with Crippen molar-refractivity contribution < 1.29 is 4.42 Å². The Morgan fingerprint density at radius 2 is 1.18 bits per heavy atom. The fourth-order valence-corrected chi connectivity index (χ4v) is 12.2. The molecule has 10 aromatic rings. The van der Waals surface area contributed by atoms with Gasteiger partial charge in [-0.1, -0.05) is 150 Å². The van der Waals surface area contributed by atoms with Crippen molar-refractivity contribution in [3.63, 3.8) is 0 Å². The number of nitrogens with zero attached hydrogens (tertiary/aromatic N) is 2. The summed E-state index contributed by atoms with van der Waals surface area (Å²) in [5, 5.41) is 2.17. The lowest BCUT2D eigenvalue weighted by Crippen LogP contribution is -2.43. The van der Waals surface area contributed by atoms with Crippen LogP contribution in [0, 0.1) is 6.92 Å². The highest BCUT2D eigenvalue weighted by Crippen LogP contribution is 2.57. The largest absolute Gasteiger partial charge is 0.454 e. The molecule has 4 nitrogen and oxygen atoms in total. The zero-order valence-corrected chi connectivity index (χ0v) is 39.4. The molecule has 5 heteroatoms. The lowest BCUT2D eigenvalue weighted by atomic mass is 9.56. The summed E-state index contributed by atoms with van der Waals surface area (Å²) in [5.74, 6) is 0. The van der Waals surface area contributed by atoms with Crippen LogP contribution in [0.15, 0.2) is 168 Å². The smallest absolute Gasteiger partial charge is 0.197 e. The number of hydrogen-bond acceptors (Lipinski definition) is 3. The van der Waals surface area contributed by atoms with E-state index in [1.54, 1.807) is 0 Å². The first-order chi connectivity index (χ1) is 32.4. The first kappa shape index (κ1) is 40.1. The molecule has 1 aliphatic heterocycles. The molecule has 0 atom stereocenters. The maximum absolute atomic E-state index is 6.63. The molecule has 1 radical (unpaired) electrons. The summed E-state index contributed by atoms with van der Waals surface area (Å²) in [7, 11) is 2.48. The molecular formula is C62H53BN3O. The predicted octanol–water partition coefficient (Wildman–Crippen LogP) is 15.6. The monoisotopic (exact) mass is 866 g/mol. The van der Waals surface area contributed by atoms with Gasteiger partial charge in [0.15, 0.2) is 12.9 Å². The normalized spacial score (nSPS) is 16.0. The molecule has 0 fully saturated rings. The minimum absolute atomic E-state index is 0.0177. The van der Waals surface area contributed by atoms with Gasteiger partial charge < -0.3 is 19.2 Å². The minimum Gasteiger partial charge on any atom is -0.454 e. The second-order valence-electron chi connectivity index (χ2n) is 21.1. The molecule has 0 saturated heterocycles. The third-order valence-corrected chi connectivity index (χ3v) is 15.8. The summed E-state index contributed by atoms with van der Waals surface area (Å²) >= 11 is 0. The highest BCUT2D eigenvalue weighted by atomic mass is 16.3. The Morgan fingerprint density at radius 3 is 1.93 bits per heavy atom. The molecule has 0 unspecified atom stereocenters. The van der Waals surface area contributed by atoms with E-state index in [1.165, 1.54) is 67.7 Å². The first-order valence-corrected chi connectivity index (χ1v) is 24.0. The quantitative estimate of drug-likeness (QED) is 0.175. The number of benzene rings is 8. The molecule has 8 aromatic carbocycles. The molecule has 2 aliphatic carbocycles. The van der Waals surface area contributed by atoms with E-state index in [1.807, 2.05) is 6.07 Å². The van der Waals surface area contributed by atoms with E-state index in [4.69, 9.17) is 4.42 Å². The van der Waals surface area contributed by atoms with E-state index in [0.29, 0.717) is 0 Å². The highest BCUT2D eigenvalue weighted by molar-refractivity contribution is 6.73. The number of aromatic amines is 1. The van der Waals surface area contributed by atoms with Crippen LogP contribution < -0.4 is 20.7 Å². The summed E-state index contributed by atoms with van der Waals surface area (Å²) in [6.07, 6.45) is 2.31. The molecular weight excluding hydrogens is 814 g/mol. The average molecular weight is 867 g/mol. The van der Waals surface area contributed by atoms with Gasteiger partial charge in [-0.2, -0.15) is 0 Å². The molecule has 3 aliphatic rings. The molecule has 0 saturated carbocycles. The lowest BCUT2D eigenvalue weighted by Gasteiger charge is -2.44. The van der Waals surface area contributed by atoms with Gasteiger partial charge in [0, 0.05) is 55.9 Å². The third-order valence-electron chi connectivity index (χ3n) is 15.8. The van der Waals surface area contributed by atoms with Crippen LogP contribution in [0.3, 0.4) is 0 Å². The van der Waals surface area contributed by atoms with Crippen molar-refractivity contribution in [2.24, 2.45) is 0 Å². The molecule has 325 valence electrons. The van der Waals surface area contributed by atoms with Gasteiger partial charge in [0.25, 0.3) is 0 Å². The topological polar surface area (TPSA) is 35.4 Å². The van der Waals surface area contributed by atoms with E-state index in [2.05, 4.69) is 228 Å². The van der Waals surface area contributed by atoms with Crippen molar-refractivity contribution in [2.45, 2.75) is 77.6 Å². The van der Waals surface area contributed by atoms with Gasteiger partial charge in [0.05, 0.1) is 11.0 Å². The van der Waals surface area contributed by atoms with Crippen molar-refractivity contribution >= 4 is 85.3 Å². The first-order valence-electron chi connectivity index (χ1n) is 24.0. The number of aryl methyl sites for hydroxylation is 1. The van der Waals surface area contributed by atoms with Crippen molar-refractivity contribution in [3.8, 4) is 22.3 Å². The number of anilines is 6. The standard InChI is InChI=1S/C62H53BN3O/c1-37-33-48-49(61(4,5)32-31-60(48,2)3)36-51(37)66-52-35-40(65(38-19-10-8-11-20-38)39-21-12-9-13-22-39)34-46(43-25-18-26-45-56(43)64-57-44-24-15-17-28-53(44)67-59(45)57)55(52)63-50-30-29-42-41-23-14-16-27-47(41)62(6,7)54(42)58(50)66/h8-30,33-36,64H,31-32H2,1-7H3. The minimum atomic E-state index is -0.252. The average Bonchev–Trinajstić information content (AvgIpc) is 3.96. The number of hydrogen-bond donors (Lipinski definition) is 1. The Bertz CT molecular complexity index is 3630. The number of nitrogens with one attached hydrogen (secondary N) is 1. The zero-order chi connectivity index (χ0) is 45.6. The fraction of sp³-hybridized carbons (Fsp3) is 0.194. The number of para-hydroxylation sites is 4. The van der Waals surface area contributed by atoms with E-state index in [0.717, 1.165) is 73.3 Å².